The molecule has 0 N–H and O–H groups in total. The topological polar surface area (TPSA) is 29.3 Å². The second kappa shape index (κ2) is 6.41. The Balaban J connectivity index is 1.87. The minimum Gasteiger partial charge on any atom is -0.440 e. The molecule has 1 saturated heterocycles. The first kappa shape index (κ1) is 15.5. The summed E-state index contributed by atoms with van der Waals surface area (Å²) in [7, 11) is 2.21. The van der Waals surface area contributed by atoms with E-state index in [2.05, 4.69) is 50.9 Å². The van der Waals surface area contributed by atoms with Gasteiger partial charge >= 0.3 is 0 Å². The number of benzene rings is 1. The van der Waals surface area contributed by atoms with Crippen molar-refractivity contribution in [1.82, 2.24) is 9.88 Å². The minimum absolute atomic E-state index is 0.474. The maximum atomic E-state index is 6.17. The molecule has 1 fully saturated rings. The summed E-state index contributed by atoms with van der Waals surface area (Å²) in [5.74, 6) is 2.75. The van der Waals surface area contributed by atoms with E-state index in [0.29, 0.717) is 17.8 Å². The van der Waals surface area contributed by atoms with E-state index >= 15 is 0 Å². The SMILES string of the molecule is CCC1CN(C)CCC1c1nc2ccc(CC(C)C)cc2o1. The maximum Gasteiger partial charge on any atom is 0.198 e. The molecule has 1 aliphatic rings. The van der Waals surface area contributed by atoms with E-state index in [1.54, 1.807) is 0 Å². The molecule has 1 aromatic carbocycles. The first-order valence-corrected chi connectivity index (χ1v) is 8.64. The highest BCUT2D eigenvalue weighted by Gasteiger charge is 2.31. The zero-order chi connectivity index (χ0) is 15.7. The molecular weight excluding hydrogens is 272 g/mol. The van der Waals surface area contributed by atoms with Gasteiger partial charge in [0.1, 0.15) is 5.52 Å². The fourth-order valence-electron chi connectivity index (χ4n) is 3.70. The number of nitrogens with zero attached hydrogens (tertiary/aromatic N) is 2. The van der Waals surface area contributed by atoms with Gasteiger partial charge in [0.25, 0.3) is 0 Å². The molecule has 3 rings (SSSR count). The van der Waals surface area contributed by atoms with Gasteiger partial charge in [0.15, 0.2) is 11.5 Å². The van der Waals surface area contributed by atoms with Gasteiger partial charge < -0.3 is 9.32 Å². The summed E-state index contributed by atoms with van der Waals surface area (Å²) in [5.41, 5.74) is 3.32. The van der Waals surface area contributed by atoms with Crippen LogP contribution >= 0.6 is 0 Å². The molecular formula is C19H28N2O. The highest BCUT2D eigenvalue weighted by atomic mass is 16.3. The Hall–Kier alpha value is -1.35. The number of rotatable bonds is 4. The van der Waals surface area contributed by atoms with Gasteiger partial charge in [-0.25, -0.2) is 4.98 Å². The van der Waals surface area contributed by atoms with Crippen LogP contribution in [0, 0.1) is 11.8 Å². The molecule has 3 heteroatoms. The lowest BCUT2D eigenvalue weighted by Gasteiger charge is -2.34. The zero-order valence-electron chi connectivity index (χ0n) is 14.3. The first-order valence-electron chi connectivity index (χ1n) is 8.64. The van der Waals surface area contributed by atoms with E-state index in [4.69, 9.17) is 9.40 Å². The van der Waals surface area contributed by atoms with Gasteiger partial charge in [-0.3, -0.25) is 0 Å². The molecule has 2 heterocycles. The standard InChI is InChI=1S/C19H28N2O/c1-5-15-12-21(4)9-8-16(15)19-20-17-7-6-14(10-13(2)3)11-18(17)22-19/h6-7,11,13,15-16H,5,8-10,12H2,1-4H3. The van der Waals surface area contributed by atoms with Gasteiger partial charge in [0, 0.05) is 12.5 Å². The van der Waals surface area contributed by atoms with Crippen molar-refractivity contribution in [1.29, 1.82) is 0 Å². The summed E-state index contributed by atoms with van der Waals surface area (Å²) in [6.07, 6.45) is 3.44. The molecule has 1 aromatic heterocycles. The van der Waals surface area contributed by atoms with Crippen LogP contribution in [0.3, 0.4) is 0 Å². The van der Waals surface area contributed by atoms with Crippen molar-refractivity contribution in [2.75, 3.05) is 20.1 Å². The third-order valence-corrected chi connectivity index (χ3v) is 4.89. The molecule has 0 bridgehead atoms. The highest BCUT2D eigenvalue weighted by Crippen LogP contribution is 2.35. The highest BCUT2D eigenvalue weighted by molar-refractivity contribution is 5.73. The van der Waals surface area contributed by atoms with E-state index in [0.717, 1.165) is 42.9 Å². The minimum atomic E-state index is 0.474. The molecule has 2 unspecified atom stereocenters. The maximum absolute atomic E-state index is 6.17. The van der Waals surface area contributed by atoms with Gasteiger partial charge in [-0.2, -0.15) is 0 Å². The summed E-state index contributed by atoms with van der Waals surface area (Å²) in [4.78, 5) is 7.22. The molecule has 0 aliphatic carbocycles. The van der Waals surface area contributed by atoms with Crippen LogP contribution in [-0.2, 0) is 6.42 Å². The Morgan fingerprint density at radius 3 is 2.91 bits per heavy atom. The van der Waals surface area contributed by atoms with Crippen molar-refractivity contribution in [3.05, 3.63) is 29.7 Å². The average molecular weight is 300 g/mol. The predicted octanol–water partition coefficient (Wildman–Crippen LogP) is 4.47. The van der Waals surface area contributed by atoms with Crippen LogP contribution in [0.2, 0.25) is 0 Å². The fourth-order valence-corrected chi connectivity index (χ4v) is 3.70. The van der Waals surface area contributed by atoms with Crippen LogP contribution < -0.4 is 0 Å². The van der Waals surface area contributed by atoms with Gasteiger partial charge in [0.2, 0.25) is 0 Å². The number of aromatic nitrogens is 1. The molecule has 0 radical (unpaired) electrons. The van der Waals surface area contributed by atoms with E-state index in [-0.39, 0.29) is 0 Å². The monoisotopic (exact) mass is 300 g/mol. The van der Waals surface area contributed by atoms with Crippen LogP contribution in [0.1, 0.15) is 51.0 Å². The van der Waals surface area contributed by atoms with Crippen molar-refractivity contribution in [2.45, 2.75) is 46.0 Å². The number of hydrogen-bond acceptors (Lipinski definition) is 3. The number of oxazole rings is 1. The Morgan fingerprint density at radius 1 is 1.36 bits per heavy atom. The molecule has 120 valence electrons. The Labute approximate surface area is 133 Å². The fraction of sp³-hybridized carbons (Fsp3) is 0.632. The summed E-state index contributed by atoms with van der Waals surface area (Å²) in [6, 6.07) is 6.50. The van der Waals surface area contributed by atoms with Crippen LogP contribution in [0.4, 0.5) is 0 Å². The number of hydrogen-bond donors (Lipinski definition) is 0. The van der Waals surface area contributed by atoms with Gasteiger partial charge in [-0.05, 0) is 56.0 Å². The zero-order valence-corrected chi connectivity index (χ0v) is 14.3. The third-order valence-electron chi connectivity index (χ3n) is 4.89. The van der Waals surface area contributed by atoms with E-state index in [1.165, 1.54) is 12.0 Å². The normalized spacial score (nSPS) is 23.5. The summed E-state index contributed by atoms with van der Waals surface area (Å²) in [6.45, 7) is 9.07. The largest absolute Gasteiger partial charge is 0.440 e. The lowest BCUT2D eigenvalue weighted by atomic mass is 9.84. The van der Waals surface area contributed by atoms with Crippen molar-refractivity contribution in [2.24, 2.45) is 11.8 Å². The average Bonchev–Trinajstić information content (AvgIpc) is 2.89. The van der Waals surface area contributed by atoms with Crippen LogP contribution in [-0.4, -0.2) is 30.0 Å². The molecule has 2 aromatic rings. The quantitative estimate of drug-likeness (QED) is 0.834. The summed E-state index contributed by atoms with van der Waals surface area (Å²) in [5, 5.41) is 0. The Morgan fingerprint density at radius 2 is 2.18 bits per heavy atom. The van der Waals surface area contributed by atoms with Crippen LogP contribution in [0.25, 0.3) is 11.1 Å². The van der Waals surface area contributed by atoms with Crippen molar-refractivity contribution < 1.29 is 4.42 Å². The number of fused-ring (bicyclic) bond motifs is 1. The van der Waals surface area contributed by atoms with Gasteiger partial charge in [-0.1, -0.05) is 33.3 Å². The molecule has 2 atom stereocenters. The number of likely N-dealkylation sites (tertiary alicyclic amines) is 1. The molecule has 1 aliphatic heterocycles. The molecule has 22 heavy (non-hydrogen) atoms. The van der Waals surface area contributed by atoms with Crippen molar-refractivity contribution in [3.8, 4) is 0 Å². The smallest absolute Gasteiger partial charge is 0.198 e. The Bertz CT molecular complexity index is 631. The van der Waals surface area contributed by atoms with Crippen LogP contribution in [0.5, 0.6) is 0 Å². The number of piperidine rings is 1. The predicted molar refractivity (Wildman–Crippen MR) is 91.2 cm³/mol. The van der Waals surface area contributed by atoms with Crippen LogP contribution in [0.15, 0.2) is 22.6 Å². The third kappa shape index (κ3) is 3.19. The summed E-state index contributed by atoms with van der Waals surface area (Å²) < 4.78 is 6.17. The van der Waals surface area contributed by atoms with E-state index < -0.39 is 0 Å². The molecule has 0 amide bonds. The first-order chi connectivity index (χ1) is 10.6. The second-order valence-corrected chi connectivity index (χ2v) is 7.28. The second-order valence-electron chi connectivity index (χ2n) is 7.28. The van der Waals surface area contributed by atoms with E-state index in [1.807, 2.05) is 0 Å². The van der Waals surface area contributed by atoms with Crippen molar-refractivity contribution >= 4 is 11.1 Å². The molecule has 0 saturated carbocycles. The summed E-state index contributed by atoms with van der Waals surface area (Å²) >= 11 is 0. The lowest BCUT2D eigenvalue weighted by molar-refractivity contribution is 0.165. The van der Waals surface area contributed by atoms with Gasteiger partial charge in [0.05, 0.1) is 0 Å². The van der Waals surface area contributed by atoms with Crippen molar-refractivity contribution in [3.63, 3.8) is 0 Å². The lowest BCUT2D eigenvalue weighted by Crippen LogP contribution is -2.36. The van der Waals surface area contributed by atoms with Gasteiger partial charge in [-0.15, -0.1) is 0 Å². The molecule has 0 spiro atoms. The molecule has 3 nitrogen and oxygen atoms in total. The van der Waals surface area contributed by atoms with E-state index in [9.17, 15) is 0 Å². The Kier molecular flexibility index (Phi) is 4.53.